The second kappa shape index (κ2) is 7.74. The Hall–Kier alpha value is -1.40. The van der Waals surface area contributed by atoms with Gasteiger partial charge in [0.2, 0.25) is 5.91 Å². The monoisotopic (exact) mass is 369 g/mol. The van der Waals surface area contributed by atoms with E-state index in [0.717, 1.165) is 15.6 Å². The van der Waals surface area contributed by atoms with Crippen LogP contribution in [0, 0.1) is 6.92 Å². The lowest BCUT2D eigenvalue weighted by Crippen LogP contribution is -2.46. The summed E-state index contributed by atoms with van der Waals surface area (Å²) in [6, 6.07) is 6.08. The first kappa shape index (κ1) is 17.0. The number of hydrogen-bond acceptors (Lipinski definition) is 3. The molecule has 1 atom stereocenters. The minimum atomic E-state index is -0.898. The van der Waals surface area contributed by atoms with Gasteiger partial charge in [-0.25, -0.2) is 0 Å². The highest BCUT2D eigenvalue weighted by molar-refractivity contribution is 9.10. The number of hydrogen-bond donors (Lipinski definition) is 1. The standard InChI is InChI=1S/C16H20BrNO4/c1-11-8-12(2-4-14(11)17)3-5-15(19)18-6-7-22-13(10-18)9-16(20)21/h2,4,8,13H,3,5-7,9-10H2,1H3,(H,20,21)/t13-/m0/s1. The smallest absolute Gasteiger partial charge is 0.306 e. The first-order chi connectivity index (χ1) is 10.5. The van der Waals surface area contributed by atoms with Crippen LogP contribution in [0.15, 0.2) is 22.7 Å². The minimum Gasteiger partial charge on any atom is -0.481 e. The average Bonchev–Trinajstić information content (AvgIpc) is 2.48. The average molecular weight is 370 g/mol. The Morgan fingerprint density at radius 3 is 2.91 bits per heavy atom. The van der Waals surface area contributed by atoms with E-state index in [1.165, 1.54) is 0 Å². The van der Waals surface area contributed by atoms with E-state index in [9.17, 15) is 9.59 Å². The van der Waals surface area contributed by atoms with E-state index in [0.29, 0.717) is 32.5 Å². The summed E-state index contributed by atoms with van der Waals surface area (Å²) in [4.78, 5) is 24.7. The molecule has 6 heteroatoms. The molecule has 1 N–H and O–H groups in total. The number of carboxylic acids is 1. The van der Waals surface area contributed by atoms with Crippen molar-refractivity contribution < 1.29 is 19.4 Å². The molecule has 1 aliphatic rings. The summed E-state index contributed by atoms with van der Waals surface area (Å²) in [5.41, 5.74) is 2.28. The lowest BCUT2D eigenvalue weighted by Gasteiger charge is -2.32. The number of morpholine rings is 1. The first-order valence-electron chi connectivity index (χ1n) is 7.32. The molecule has 0 spiro atoms. The molecule has 2 rings (SSSR count). The van der Waals surface area contributed by atoms with Gasteiger partial charge in [0, 0.05) is 24.0 Å². The summed E-state index contributed by atoms with van der Waals surface area (Å²) in [5.74, 6) is -0.844. The minimum absolute atomic E-state index is 0.0549. The summed E-state index contributed by atoms with van der Waals surface area (Å²) in [6.45, 7) is 3.33. The fraction of sp³-hybridized carbons (Fsp3) is 0.500. The van der Waals surface area contributed by atoms with Gasteiger partial charge in [-0.1, -0.05) is 28.1 Å². The van der Waals surface area contributed by atoms with Gasteiger partial charge in [-0.3, -0.25) is 9.59 Å². The predicted octanol–water partition coefficient (Wildman–Crippen LogP) is 2.39. The molecule has 0 unspecified atom stereocenters. The van der Waals surface area contributed by atoms with Gasteiger partial charge in [-0.15, -0.1) is 0 Å². The number of nitrogens with zero attached hydrogens (tertiary/aromatic N) is 1. The van der Waals surface area contributed by atoms with E-state index in [1.54, 1.807) is 4.90 Å². The van der Waals surface area contributed by atoms with E-state index < -0.39 is 12.1 Å². The third-order valence-electron chi connectivity index (χ3n) is 3.74. The molecule has 1 heterocycles. The molecule has 0 aliphatic carbocycles. The Labute approximate surface area is 138 Å². The quantitative estimate of drug-likeness (QED) is 0.865. The SMILES string of the molecule is Cc1cc(CCC(=O)N2CCO[C@@H](CC(=O)O)C2)ccc1Br. The van der Waals surface area contributed by atoms with Crippen LogP contribution in [-0.4, -0.2) is 47.7 Å². The molecule has 0 bridgehead atoms. The Kier molecular flexibility index (Phi) is 5.97. The number of aryl methyl sites for hydroxylation is 2. The van der Waals surface area contributed by atoms with Crippen molar-refractivity contribution in [2.75, 3.05) is 19.7 Å². The summed E-state index contributed by atoms with van der Waals surface area (Å²) < 4.78 is 6.44. The zero-order valence-corrected chi connectivity index (χ0v) is 14.1. The summed E-state index contributed by atoms with van der Waals surface area (Å²) in [5, 5.41) is 8.80. The van der Waals surface area contributed by atoms with Crippen molar-refractivity contribution in [2.24, 2.45) is 0 Å². The Morgan fingerprint density at radius 1 is 1.45 bits per heavy atom. The first-order valence-corrected chi connectivity index (χ1v) is 8.11. The van der Waals surface area contributed by atoms with Crippen LogP contribution < -0.4 is 0 Å². The van der Waals surface area contributed by atoms with Crippen molar-refractivity contribution in [3.63, 3.8) is 0 Å². The molecule has 120 valence electrons. The molecular formula is C16H20BrNO4. The molecule has 1 saturated heterocycles. The van der Waals surface area contributed by atoms with Crippen LogP contribution in [0.1, 0.15) is 24.0 Å². The van der Waals surface area contributed by atoms with Gasteiger partial charge >= 0.3 is 5.97 Å². The molecule has 0 saturated carbocycles. The van der Waals surface area contributed by atoms with E-state index in [1.807, 2.05) is 19.1 Å². The summed E-state index contributed by atoms with van der Waals surface area (Å²) in [6.07, 6.45) is 0.662. The maximum Gasteiger partial charge on any atom is 0.306 e. The number of amides is 1. The van der Waals surface area contributed by atoms with E-state index in [4.69, 9.17) is 9.84 Å². The van der Waals surface area contributed by atoms with Crippen molar-refractivity contribution in [3.05, 3.63) is 33.8 Å². The fourth-order valence-corrected chi connectivity index (χ4v) is 2.78. The number of halogens is 1. The lowest BCUT2D eigenvalue weighted by atomic mass is 10.1. The molecule has 0 radical (unpaired) electrons. The number of carbonyl (C=O) groups is 2. The molecule has 1 aliphatic heterocycles. The van der Waals surface area contributed by atoms with Crippen LogP contribution in [0.5, 0.6) is 0 Å². The topological polar surface area (TPSA) is 66.8 Å². The molecule has 1 aromatic rings. The zero-order chi connectivity index (χ0) is 16.1. The number of carboxylic acid groups (broad SMARTS) is 1. The number of rotatable bonds is 5. The van der Waals surface area contributed by atoms with Crippen LogP contribution in [0.25, 0.3) is 0 Å². The maximum atomic E-state index is 12.3. The van der Waals surface area contributed by atoms with Crippen molar-refractivity contribution >= 4 is 27.8 Å². The molecule has 5 nitrogen and oxygen atoms in total. The van der Waals surface area contributed by atoms with Crippen molar-refractivity contribution in [1.82, 2.24) is 4.90 Å². The molecule has 22 heavy (non-hydrogen) atoms. The van der Waals surface area contributed by atoms with Gasteiger partial charge in [-0.2, -0.15) is 0 Å². The van der Waals surface area contributed by atoms with Gasteiger partial charge in [0.1, 0.15) is 0 Å². The van der Waals surface area contributed by atoms with Crippen LogP contribution >= 0.6 is 15.9 Å². The second-order valence-corrected chi connectivity index (χ2v) is 6.37. The van der Waals surface area contributed by atoms with E-state index >= 15 is 0 Å². The number of benzene rings is 1. The van der Waals surface area contributed by atoms with Gasteiger partial charge in [0.25, 0.3) is 0 Å². The number of ether oxygens (including phenoxy) is 1. The largest absolute Gasteiger partial charge is 0.481 e. The van der Waals surface area contributed by atoms with Crippen LogP contribution in [-0.2, 0) is 20.7 Å². The highest BCUT2D eigenvalue weighted by Gasteiger charge is 2.25. The summed E-state index contributed by atoms with van der Waals surface area (Å²) >= 11 is 3.46. The highest BCUT2D eigenvalue weighted by Crippen LogP contribution is 2.18. The molecular weight excluding hydrogens is 350 g/mol. The number of carbonyl (C=O) groups excluding carboxylic acids is 1. The van der Waals surface area contributed by atoms with Crippen molar-refractivity contribution in [2.45, 2.75) is 32.3 Å². The van der Waals surface area contributed by atoms with Crippen LogP contribution in [0.4, 0.5) is 0 Å². The van der Waals surface area contributed by atoms with Crippen LogP contribution in [0.3, 0.4) is 0 Å². The molecule has 1 aromatic carbocycles. The van der Waals surface area contributed by atoms with E-state index in [-0.39, 0.29) is 12.3 Å². The summed E-state index contributed by atoms with van der Waals surface area (Å²) in [7, 11) is 0. The van der Waals surface area contributed by atoms with Gasteiger partial charge < -0.3 is 14.7 Å². The van der Waals surface area contributed by atoms with Crippen molar-refractivity contribution in [1.29, 1.82) is 0 Å². The van der Waals surface area contributed by atoms with Crippen LogP contribution in [0.2, 0.25) is 0 Å². The zero-order valence-electron chi connectivity index (χ0n) is 12.5. The maximum absolute atomic E-state index is 12.3. The molecule has 1 amide bonds. The van der Waals surface area contributed by atoms with Gasteiger partial charge in [-0.05, 0) is 30.5 Å². The van der Waals surface area contributed by atoms with E-state index in [2.05, 4.69) is 22.0 Å². The Morgan fingerprint density at radius 2 is 2.23 bits per heavy atom. The van der Waals surface area contributed by atoms with Gasteiger partial charge in [0.05, 0.1) is 19.1 Å². The van der Waals surface area contributed by atoms with Gasteiger partial charge in [0.15, 0.2) is 0 Å². The third-order valence-corrected chi connectivity index (χ3v) is 4.63. The second-order valence-electron chi connectivity index (χ2n) is 5.51. The normalized spacial score (nSPS) is 18.3. The fourth-order valence-electron chi connectivity index (χ4n) is 2.54. The molecule has 0 aromatic heterocycles. The number of aliphatic carboxylic acids is 1. The Balaban J connectivity index is 1.86. The lowest BCUT2D eigenvalue weighted by molar-refractivity contribution is -0.147. The predicted molar refractivity (Wildman–Crippen MR) is 85.8 cm³/mol. The Bertz CT molecular complexity index is 561. The third kappa shape index (κ3) is 4.81. The highest BCUT2D eigenvalue weighted by atomic mass is 79.9. The molecule has 1 fully saturated rings. The van der Waals surface area contributed by atoms with Crippen molar-refractivity contribution in [3.8, 4) is 0 Å².